The topological polar surface area (TPSA) is 64.6 Å². The molecule has 0 radical (unpaired) electrons. The first-order valence-electron chi connectivity index (χ1n) is 8.32. The summed E-state index contributed by atoms with van der Waals surface area (Å²) in [6, 6.07) is 6.01. The quantitative estimate of drug-likeness (QED) is 0.797. The molecule has 0 saturated carbocycles. The van der Waals surface area contributed by atoms with E-state index < -0.39 is 12.0 Å². The van der Waals surface area contributed by atoms with Gasteiger partial charge in [0, 0.05) is 6.61 Å². The summed E-state index contributed by atoms with van der Waals surface area (Å²) in [5.74, 6) is -0.930. The molecule has 2 unspecified atom stereocenters. The van der Waals surface area contributed by atoms with Gasteiger partial charge in [-0.3, -0.25) is 4.79 Å². The SMILES string of the molecule is CC(C)C(NC(=O)c1ccccc1Cl)C(=O)OCC1CCCCO1. The summed E-state index contributed by atoms with van der Waals surface area (Å²) in [5, 5.41) is 3.07. The number of nitrogens with one attached hydrogen (secondary N) is 1. The summed E-state index contributed by atoms with van der Waals surface area (Å²) in [5.41, 5.74) is 0.341. The summed E-state index contributed by atoms with van der Waals surface area (Å²) in [7, 11) is 0. The van der Waals surface area contributed by atoms with Crippen molar-refractivity contribution in [3.8, 4) is 0 Å². The van der Waals surface area contributed by atoms with Crippen LogP contribution < -0.4 is 5.32 Å². The molecule has 1 N–H and O–H groups in total. The molecule has 0 aliphatic carbocycles. The minimum atomic E-state index is -0.725. The molecular formula is C18H24ClNO4. The Hall–Kier alpha value is -1.59. The maximum absolute atomic E-state index is 12.4. The first kappa shape index (κ1) is 18.7. The van der Waals surface area contributed by atoms with Crippen LogP contribution in [0.2, 0.25) is 5.02 Å². The van der Waals surface area contributed by atoms with Crippen LogP contribution in [0.1, 0.15) is 43.5 Å². The highest BCUT2D eigenvalue weighted by molar-refractivity contribution is 6.33. The van der Waals surface area contributed by atoms with Crippen LogP contribution in [0.15, 0.2) is 24.3 Å². The average molecular weight is 354 g/mol. The Morgan fingerprint density at radius 2 is 2.08 bits per heavy atom. The van der Waals surface area contributed by atoms with E-state index in [1.54, 1.807) is 24.3 Å². The van der Waals surface area contributed by atoms with Crippen molar-refractivity contribution >= 4 is 23.5 Å². The van der Waals surface area contributed by atoms with E-state index in [0.29, 0.717) is 17.2 Å². The summed E-state index contributed by atoms with van der Waals surface area (Å²) in [6.45, 7) is 4.65. The van der Waals surface area contributed by atoms with E-state index in [0.717, 1.165) is 19.3 Å². The van der Waals surface area contributed by atoms with Crippen LogP contribution in [0.3, 0.4) is 0 Å². The average Bonchev–Trinajstić information content (AvgIpc) is 2.58. The van der Waals surface area contributed by atoms with Crippen molar-refractivity contribution in [1.29, 1.82) is 0 Å². The predicted octanol–water partition coefficient (Wildman–Crippen LogP) is 3.21. The lowest BCUT2D eigenvalue weighted by molar-refractivity contribution is -0.152. The Morgan fingerprint density at radius 3 is 2.71 bits per heavy atom. The number of halogens is 1. The van der Waals surface area contributed by atoms with E-state index in [2.05, 4.69) is 5.32 Å². The number of amides is 1. The molecule has 2 atom stereocenters. The zero-order valence-electron chi connectivity index (χ0n) is 14.1. The molecule has 5 nitrogen and oxygen atoms in total. The molecule has 0 bridgehead atoms. The molecule has 1 aromatic rings. The van der Waals surface area contributed by atoms with Crippen molar-refractivity contribution in [2.75, 3.05) is 13.2 Å². The highest BCUT2D eigenvalue weighted by Gasteiger charge is 2.28. The highest BCUT2D eigenvalue weighted by Crippen LogP contribution is 2.17. The van der Waals surface area contributed by atoms with Gasteiger partial charge in [-0.1, -0.05) is 37.6 Å². The van der Waals surface area contributed by atoms with Crippen LogP contribution in [0.25, 0.3) is 0 Å². The lowest BCUT2D eigenvalue weighted by Crippen LogP contribution is -2.46. The highest BCUT2D eigenvalue weighted by atomic mass is 35.5. The van der Waals surface area contributed by atoms with Crippen molar-refractivity contribution in [1.82, 2.24) is 5.32 Å². The molecule has 1 heterocycles. The van der Waals surface area contributed by atoms with Gasteiger partial charge in [0.2, 0.25) is 0 Å². The Morgan fingerprint density at radius 1 is 1.33 bits per heavy atom. The zero-order chi connectivity index (χ0) is 17.5. The van der Waals surface area contributed by atoms with Gasteiger partial charge >= 0.3 is 5.97 Å². The van der Waals surface area contributed by atoms with E-state index in [4.69, 9.17) is 21.1 Å². The number of carbonyl (C=O) groups is 2. The number of hydrogen-bond acceptors (Lipinski definition) is 4. The monoisotopic (exact) mass is 353 g/mol. The summed E-state index contributed by atoms with van der Waals surface area (Å²) in [6.07, 6.45) is 2.98. The fourth-order valence-electron chi connectivity index (χ4n) is 2.57. The van der Waals surface area contributed by atoms with E-state index in [-0.39, 0.29) is 24.5 Å². The molecule has 2 rings (SSSR count). The molecule has 1 fully saturated rings. The zero-order valence-corrected chi connectivity index (χ0v) is 14.8. The van der Waals surface area contributed by atoms with Gasteiger partial charge < -0.3 is 14.8 Å². The van der Waals surface area contributed by atoms with Gasteiger partial charge in [-0.25, -0.2) is 4.79 Å². The van der Waals surface area contributed by atoms with Crippen molar-refractivity contribution in [3.63, 3.8) is 0 Å². The third-order valence-corrected chi connectivity index (χ3v) is 4.34. The molecule has 6 heteroatoms. The van der Waals surface area contributed by atoms with E-state index >= 15 is 0 Å². The molecular weight excluding hydrogens is 330 g/mol. The van der Waals surface area contributed by atoms with E-state index in [1.807, 2.05) is 13.8 Å². The summed E-state index contributed by atoms with van der Waals surface area (Å²) < 4.78 is 10.9. The Bertz CT molecular complexity index is 570. The maximum atomic E-state index is 12.4. The number of carbonyl (C=O) groups excluding carboxylic acids is 2. The normalized spacial score (nSPS) is 18.9. The standard InChI is InChI=1S/C18H24ClNO4/c1-12(2)16(18(22)24-11-13-7-5-6-10-23-13)20-17(21)14-8-3-4-9-15(14)19/h3-4,8-9,12-13,16H,5-7,10-11H2,1-2H3,(H,20,21). The third kappa shape index (κ3) is 5.21. The van der Waals surface area contributed by atoms with E-state index in [1.165, 1.54) is 0 Å². The molecule has 24 heavy (non-hydrogen) atoms. The second kappa shape index (κ2) is 9.04. The van der Waals surface area contributed by atoms with Crippen LogP contribution in [0.4, 0.5) is 0 Å². The van der Waals surface area contributed by atoms with Crippen LogP contribution in [0, 0.1) is 5.92 Å². The third-order valence-electron chi connectivity index (χ3n) is 4.01. The molecule has 0 aromatic heterocycles. The molecule has 1 aromatic carbocycles. The van der Waals surface area contributed by atoms with Crippen LogP contribution in [-0.2, 0) is 14.3 Å². The van der Waals surface area contributed by atoms with Gasteiger partial charge in [-0.2, -0.15) is 0 Å². The Labute approximate surface area is 147 Å². The second-order valence-electron chi connectivity index (χ2n) is 6.29. The van der Waals surface area contributed by atoms with Gasteiger partial charge in [0.25, 0.3) is 5.91 Å². The molecule has 0 spiro atoms. The number of hydrogen-bond donors (Lipinski definition) is 1. The van der Waals surface area contributed by atoms with Gasteiger partial charge in [-0.05, 0) is 37.3 Å². The molecule has 1 amide bonds. The molecule has 1 saturated heterocycles. The minimum absolute atomic E-state index is 0.0465. The number of ether oxygens (including phenoxy) is 2. The molecule has 1 aliphatic heterocycles. The largest absolute Gasteiger partial charge is 0.461 e. The van der Waals surface area contributed by atoms with Crippen molar-refractivity contribution in [3.05, 3.63) is 34.9 Å². The maximum Gasteiger partial charge on any atom is 0.329 e. The first-order valence-corrected chi connectivity index (χ1v) is 8.70. The van der Waals surface area contributed by atoms with Crippen LogP contribution >= 0.6 is 11.6 Å². The number of benzene rings is 1. The van der Waals surface area contributed by atoms with Crippen molar-refractivity contribution < 1.29 is 19.1 Å². The minimum Gasteiger partial charge on any atom is -0.461 e. The van der Waals surface area contributed by atoms with Gasteiger partial charge in [0.1, 0.15) is 12.6 Å². The summed E-state index contributed by atoms with van der Waals surface area (Å²) >= 11 is 6.03. The van der Waals surface area contributed by atoms with Gasteiger partial charge in [0.05, 0.1) is 16.7 Å². The fraction of sp³-hybridized carbons (Fsp3) is 0.556. The molecule has 1 aliphatic rings. The predicted molar refractivity (Wildman–Crippen MR) is 92.1 cm³/mol. The fourth-order valence-corrected chi connectivity index (χ4v) is 2.79. The molecule has 132 valence electrons. The number of esters is 1. The van der Waals surface area contributed by atoms with Gasteiger partial charge in [-0.15, -0.1) is 0 Å². The Balaban J connectivity index is 1.94. The lowest BCUT2D eigenvalue weighted by Gasteiger charge is -2.25. The summed E-state index contributed by atoms with van der Waals surface area (Å²) in [4.78, 5) is 24.7. The van der Waals surface area contributed by atoms with Gasteiger partial charge in [0.15, 0.2) is 0 Å². The lowest BCUT2D eigenvalue weighted by atomic mass is 10.0. The van der Waals surface area contributed by atoms with Crippen LogP contribution in [-0.4, -0.2) is 37.2 Å². The van der Waals surface area contributed by atoms with E-state index in [9.17, 15) is 9.59 Å². The van der Waals surface area contributed by atoms with Crippen LogP contribution in [0.5, 0.6) is 0 Å². The smallest absolute Gasteiger partial charge is 0.329 e. The van der Waals surface area contributed by atoms with Crippen molar-refractivity contribution in [2.45, 2.75) is 45.3 Å². The Kier molecular flexibility index (Phi) is 7.06. The second-order valence-corrected chi connectivity index (χ2v) is 6.70. The van der Waals surface area contributed by atoms with Crippen molar-refractivity contribution in [2.24, 2.45) is 5.92 Å². The number of rotatable bonds is 6. The first-order chi connectivity index (χ1) is 11.5.